The number of benzene rings is 1. The van der Waals surface area contributed by atoms with E-state index in [9.17, 15) is 0 Å². The molecule has 2 aromatic rings. The second-order valence-corrected chi connectivity index (χ2v) is 5.81. The van der Waals surface area contributed by atoms with Gasteiger partial charge < -0.3 is 9.15 Å². The molecular weight excluding hydrogens is 310 g/mol. The predicted molar refractivity (Wildman–Crippen MR) is 92.3 cm³/mol. The number of furan rings is 1. The Morgan fingerprint density at radius 1 is 1.26 bits per heavy atom. The Kier molecular flexibility index (Phi) is 3.59. The standard InChI is InChI=1S/C17H15N3O2S/c1-2-21-13-7-5-12(6-8-13)15-11-23-17-19-18-14(10-20(15)17)16-4-3-9-22-16/h3-11,18H,2H2,1H3. The zero-order chi connectivity index (χ0) is 15.6. The summed E-state index contributed by atoms with van der Waals surface area (Å²) in [5.74, 6) is 1.64. The number of hydrazone groups is 1. The van der Waals surface area contributed by atoms with Crippen molar-refractivity contribution in [3.8, 4) is 5.75 Å². The monoisotopic (exact) mass is 325 g/mol. The average molecular weight is 325 g/mol. The molecule has 0 saturated heterocycles. The minimum atomic E-state index is 0.668. The minimum absolute atomic E-state index is 0.668. The van der Waals surface area contributed by atoms with Gasteiger partial charge in [0, 0.05) is 11.6 Å². The van der Waals surface area contributed by atoms with Crippen LogP contribution in [-0.4, -0.2) is 16.7 Å². The van der Waals surface area contributed by atoms with Gasteiger partial charge in [-0.05, 0) is 48.9 Å². The summed E-state index contributed by atoms with van der Waals surface area (Å²) in [4.78, 5) is 2.06. The summed E-state index contributed by atoms with van der Waals surface area (Å²) < 4.78 is 10.9. The molecule has 116 valence electrons. The third-order valence-corrected chi connectivity index (χ3v) is 4.36. The van der Waals surface area contributed by atoms with Crippen molar-refractivity contribution in [2.24, 2.45) is 5.10 Å². The molecule has 1 aromatic carbocycles. The molecule has 0 aliphatic carbocycles. The van der Waals surface area contributed by atoms with Gasteiger partial charge in [-0.1, -0.05) is 11.8 Å². The van der Waals surface area contributed by atoms with Crippen LogP contribution >= 0.6 is 11.8 Å². The Balaban J connectivity index is 1.62. The molecule has 3 heterocycles. The van der Waals surface area contributed by atoms with Gasteiger partial charge in [-0.25, -0.2) is 0 Å². The SMILES string of the molecule is CCOc1ccc(C2=CSC3=NNC(c4ccco4)=CN23)cc1. The molecule has 0 unspecified atom stereocenters. The molecule has 4 rings (SSSR count). The zero-order valence-corrected chi connectivity index (χ0v) is 13.3. The van der Waals surface area contributed by atoms with Gasteiger partial charge in [-0.3, -0.25) is 10.3 Å². The molecule has 0 radical (unpaired) electrons. The van der Waals surface area contributed by atoms with Crippen molar-refractivity contribution in [2.45, 2.75) is 6.92 Å². The summed E-state index contributed by atoms with van der Waals surface area (Å²) in [6, 6.07) is 11.9. The van der Waals surface area contributed by atoms with Crippen LogP contribution in [0.1, 0.15) is 18.2 Å². The van der Waals surface area contributed by atoms with E-state index in [1.165, 1.54) is 0 Å². The molecule has 2 aliphatic rings. The Labute approximate surface area is 138 Å². The van der Waals surface area contributed by atoms with Crippen molar-refractivity contribution in [2.75, 3.05) is 6.61 Å². The summed E-state index contributed by atoms with van der Waals surface area (Å²) in [5, 5.41) is 7.39. The first-order chi connectivity index (χ1) is 11.3. The fourth-order valence-electron chi connectivity index (χ4n) is 2.44. The molecule has 0 amide bonds. The molecule has 5 nitrogen and oxygen atoms in total. The first-order valence-electron chi connectivity index (χ1n) is 7.34. The lowest BCUT2D eigenvalue weighted by Gasteiger charge is -2.23. The summed E-state index contributed by atoms with van der Waals surface area (Å²) >= 11 is 1.59. The lowest BCUT2D eigenvalue weighted by Crippen LogP contribution is -2.26. The van der Waals surface area contributed by atoms with Crippen LogP contribution in [0.25, 0.3) is 11.4 Å². The summed E-state index contributed by atoms with van der Waals surface area (Å²) in [6.07, 6.45) is 3.66. The quantitative estimate of drug-likeness (QED) is 0.924. The van der Waals surface area contributed by atoms with Crippen molar-refractivity contribution < 1.29 is 9.15 Å². The average Bonchev–Trinajstić information content (AvgIpc) is 3.25. The van der Waals surface area contributed by atoms with E-state index < -0.39 is 0 Å². The maximum atomic E-state index is 5.50. The Bertz CT molecular complexity index is 792. The van der Waals surface area contributed by atoms with Gasteiger partial charge in [-0.2, -0.15) is 0 Å². The van der Waals surface area contributed by atoms with E-state index in [1.54, 1.807) is 18.0 Å². The first kappa shape index (κ1) is 14.0. The second kappa shape index (κ2) is 5.89. The van der Waals surface area contributed by atoms with Crippen LogP contribution in [0.3, 0.4) is 0 Å². The number of fused-ring (bicyclic) bond motifs is 1. The summed E-state index contributed by atoms with van der Waals surface area (Å²) in [5.41, 5.74) is 6.06. The maximum absolute atomic E-state index is 5.50. The molecular formula is C17H15N3O2S. The van der Waals surface area contributed by atoms with E-state index in [2.05, 4.69) is 33.0 Å². The van der Waals surface area contributed by atoms with Crippen LogP contribution in [0.15, 0.2) is 63.8 Å². The molecule has 2 aliphatic heterocycles. The van der Waals surface area contributed by atoms with Crippen LogP contribution in [0.4, 0.5) is 0 Å². The fraction of sp³-hybridized carbons (Fsp3) is 0.118. The molecule has 23 heavy (non-hydrogen) atoms. The van der Waals surface area contributed by atoms with Crippen LogP contribution in [0.5, 0.6) is 5.75 Å². The zero-order valence-electron chi connectivity index (χ0n) is 12.5. The van der Waals surface area contributed by atoms with Gasteiger partial charge >= 0.3 is 0 Å². The topological polar surface area (TPSA) is 50.0 Å². The first-order valence-corrected chi connectivity index (χ1v) is 8.22. The van der Waals surface area contributed by atoms with Crippen LogP contribution in [0.2, 0.25) is 0 Å². The van der Waals surface area contributed by atoms with Gasteiger partial charge in [0.25, 0.3) is 0 Å². The Hall–Kier alpha value is -2.60. The van der Waals surface area contributed by atoms with Crippen LogP contribution in [-0.2, 0) is 0 Å². The van der Waals surface area contributed by atoms with E-state index in [0.29, 0.717) is 6.61 Å². The number of hydrogen-bond donors (Lipinski definition) is 1. The highest BCUT2D eigenvalue weighted by atomic mass is 32.2. The van der Waals surface area contributed by atoms with E-state index >= 15 is 0 Å². The molecule has 0 bridgehead atoms. The van der Waals surface area contributed by atoms with E-state index in [1.807, 2.05) is 37.4 Å². The maximum Gasteiger partial charge on any atom is 0.196 e. The third-order valence-electron chi connectivity index (χ3n) is 3.52. The highest BCUT2D eigenvalue weighted by molar-refractivity contribution is 8.16. The summed E-state index contributed by atoms with van der Waals surface area (Å²) in [6.45, 7) is 2.65. The highest BCUT2D eigenvalue weighted by Gasteiger charge is 2.26. The largest absolute Gasteiger partial charge is 0.494 e. The van der Waals surface area contributed by atoms with E-state index in [-0.39, 0.29) is 0 Å². The molecule has 0 fully saturated rings. The lowest BCUT2D eigenvalue weighted by molar-refractivity contribution is 0.340. The van der Waals surface area contributed by atoms with Gasteiger partial charge in [0.2, 0.25) is 0 Å². The van der Waals surface area contributed by atoms with Crippen molar-refractivity contribution in [3.63, 3.8) is 0 Å². The minimum Gasteiger partial charge on any atom is -0.494 e. The predicted octanol–water partition coefficient (Wildman–Crippen LogP) is 3.90. The van der Waals surface area contributed by atoms with Crippen molar-refractivity contribution >= 4 is 28.3 Å². The molecule has 1 N–H and O–H groups in total. The van der Waals surface area contributed by atoms with Crippen molar-refractivity contribution in [3.05, 3.63) is 65.6 Å². The van der Waals surface area contributed by atoms with Gasteiger partial charge in [-0.15, -0.1) is 5.10 Å². The van der Waals surface area contributed by atoms with E-state index in [0.717, 1.165) is 33.6 Å². The highest BCUT2D eigenvalue weighted by Crippen LogP contribution is 2.36. The van der Waals surface area contributed by atoms with Crippen LogP contribution < -0.4 is 10.2 Å². The number of nitrogens with zero attached hydrogens (tertiary/aromatic N) is 2. The van der Waals surface area contributed by atoms with Crippen molar-refractivity contribution in [1.29, 1.82) is 0 Å². The second-order valence-electron chi connectivity index (χ2n) is 4.97. The molecule has 0 atom stereocenters. The lowest BCUT2D eigenvalue weighted by atomic mass is 10.1. The summed E-state index contributed by atoms with van der Waals surface area (Å²) in [7, 11) is 0. The van der Waals surface area contributed by atoms with Gasteiger partial charge in [0.1, 0.15) is 11.4 Å². The Morgan fingerprint density at radius 2 is 2.13 bits per heavy atom. The van der Waals surface area contributed by atoms with Crippen LogP contribution in [0, 0.1) is 0 Å². The number of hydrogen-bond acceptors (Lipinski definition) is 6. The third kappa shape index (κ3) is 2.61. The van der Waals surface area contributed by atoms with E-state index in [4.69, 9.17) is 9.15 Å². The number of nitrogens with one attached hydrogen (secondary N) is 1. The van der Waals surface area contributed by atoms with Crippen molar-refractivity contribution in [1.82, 2.24) is 10.3 Å². The van der Waals surface area contributed by atoms with Gasteiger partial charge in [0.15, 0.2) is 10.9 Å². The molecule has 1 aromatic heterocycles. The molecule has 0 spiro atoms. The Morgan fingerprint density at radius 3 is 2.87 bits per heavy atom. The smallest absolute Gasteiger partial charge is 0.196 e. The number of rotatable bonds is 4. The number of ether oxygens (including phenoxy) is 1. The molecule has 6 heteroatoms. The number of amidine groups is 1. The fourth-order valence-corrected chi connectivity index (χ4v) is 3.27. The molecule has 0 saturated carbocycles. The normalized spacial score (nSPS) is 16.2. The number of thioether (sulfide) groups is 1. The van der Waals surface area contributed by atoms with Gasteiger partial charge in [0.05, 0.1) is 18.6 Å².